The van der Waals surface area contributed by atoms with E-state index in [-0.39, 0.29) is 5.82 Å². The lowest BCUT2D eigenvalue weighted by Crippen LogP contribution is -1.91. The molecular formula is C13H17FO3. The van der Waals surface area contributed by atoms with Crippen LogP contribution in [-0.2, 0) is 9.78 Å². The van der Waals surface area contributed by atoms with Gasteiger partial charge in [-0.1, -0.05) is 13.3 Å². The first-order chi connectivity index (χ1) is 8.27. The van der Waals surface area contributed by atoms with Crippen LogP contribution in [0.3, 0.4) is 0 Å². The fourth-order valence-corrected chi connectivity index (χ4v) is 1.23. The number of unbranched alkanes of at least 4 members (excludes halogenated alkanes) is 1. The molecule has 3 nitrogen and oxygen atoms in total. The molecule has 17 heavy (non-hydrogen) atoms. The Labute approximate surface area is 101 Å². The van der Waals surface area contributed by atoms with Crippen LogP contribution in [0.4, 0.5) is 4.39 Å². The van der Waals surface area contributed by atoms with Crippen LogP contribution in [-0.4, -0.2) is 13.7 Å². The average molecular weight is 240 g/mol. The van der Waals surface area contributed by atoms with Crippen molar-refractivity contribution in [3.8, 4) is 5.75 Å². The van der Waals surface area contributed by atoms with Gasteiger partial charge in [0, 0.05) is 5.56 Å². The summed E-state index contributed by atoms with van der Waals surface area (Å²) in [6.07, 6.45) is 4.95. The number of hydrogen-bond acceptors (Lipinski definition) is 3. The predicted molar refractivity (Wildman–Crippen MR) is 63.9 cm³/mol. The molecule has 1 rings (SSSR count). The SMILES string of the molecule is CCCCOOC=Cc1cc(F)ccc1OC. The van der Waals surface area contributed by atoms with Gasteiger partial charge in [-0.25, -0.2) is 4.39 Å². The molecule has 1 aromatic rings. The monoisotopic (exact) mass is 240 g/mol. The fourth-order valence-electron chi connectivity index (χ4n) is 1.23. The molecule has 1 aromatic carbocycles. The summed E-state index contributed by atoms with van der Waals surface area (Å²) in [6, 6.07) is 4.27. The quantitative estimate of drug-likeness (QED) is 0.316. The lowest BCUT2D eigenvalue weighted by Gasteiger charge is -2.04. The van der Waals surface area contributed by atoms with Crippen molar-refractivity contribution in [3.05, 3.63) is 35.8 Å². The normalized spacial score (nSPS) is 10.8. The Morgan fingerprint density at radius 2 is 2.18 bits per heavy atom. The van der Waals surface area contributed by atoms with Crippen LogP contribution in [0.2, 0.25) is 0 Å². The van der Waals surface area contributed by atoms with E-state index < -0.39 is 0 Å². The first-order valence-electron chi connectivity index (χ1n) is 5.56. The Morgan fingerprint density at radius 1 is 1.35 bits per heavy atom. The molecule has 0 aromatic heterocycles. The van der Waals surface area contributed by atoms with Crippen molar-refractivity contribution < 1.29 is 18.9 Å². The average Bonchev–Trinajstić information content (AvgIpc) is 2.34. The first kappa shape index (κ1) is 13.5. The Kier molecular flexibility index (Phi) is 6.10. The molecule has 0 atom stereocenters. The molecule has 94 valence electrons. The van der Waals surface area contributed by atoms with Gasteiger partial charge in [-0.15, -0.1) is 0 Å². The molecule has 0 unspecified atom stereocenters. The summed E-state index contributed by atoms with van der Waals surface area (Å²) in [5.41, 5.74) is 0.603. The lowest BCUT2D eigenvalue weighted by molar-refractivity contribution is -0.248. The molecular weight excluding hydrogens is 223 g/mol. The predicted octanol–water partition coefficient (Wildman–Crippen LogP) is 3.55. The molecule has 4 heteroatoms. The minimum absolute atomic E-state index is 0.322. The highest BCUT2D eigenvalue weighted by atomic mass is 19.1. The Balaban J connectivity index is 2.49. The van der Waals surface area contributed by atoms with Gasteiger partial charge in [0.15, 0.2) is 0 Å². The van der Waals surface area contributed by atoms with Gasteiger partial charge in [0.1, 0.15) is 17.8 Å². The number of hydrogen-bond donors (Lipinski definition) is 0. The Hall–Kier alpha value is -1.55. The number of rotatable bonds is 7. The highest BCUT2D eigenvalue weighted by Crippen LogP contribution is 2.20. The minimum Gasteiger partial charge on any atom is -0.496 e. The van der Waals surface area contributed by atoms with Crippen LogP contribution in [0, 0.1) is 5.82 Å². The molecule has 0 radical (unpaired) electrons. The van der Waals surface area contributed by atoms with Gasteiger partial charge in [0.2, 0.25) is 0 Å². The zero-order valence-electron chi connectivity index (χ0n) is 10.1. The van der Waals surface area contributed by atoms with Gasteiger partial charge in [-0.05, 0) is 30.7 Å². The summed E-state index contributed by atoms with van der Waals surface area (Å²) >= 11 is 0. The van der Waals surface area contributed by atoms with Crippen molar-refractivity contribution in [2.45, 2.75) is 19.8 Å². The van der Waals surface area contributed by atoms with Crippen molar-refractivity contribution in [3.63, 3.8) is 0 Å². The summed E-state index contributed by atoms with van der Waals surface area (Å²) in [5, 5.41) is 0. The zero-order chi connectivity index (χ0) is 12.5. The van der Waals surface area contributed by atoms with Crippen molar-refractivity contribution >= 4 is 6.08 Å². The van der Waals surface area contributed by atoms with E-state index in [1.165, 1.54) is 25.5 Å². The third-order valence-electron chi connectivity index (χ3n) is 2.14. The van der Waals surface area contributed by atoms with Crippen molar-refractivity contribution in [1.29, 1.82) is 0 Å². The van der Waals surface area contributed by atoms with E-state index in [0.29, 0.717) is 17.9 Å². The van der Waals surface area contributed by atoms with Gasteiger partial charge in [-0.3, -0.25) is 0 Å². The first-order valence-corrected chi connectivity index (χ1v) is 5.56. The Morgan fingerprint density at radius 3 is 2.88 bits per heavy atom. The molecule has 0 heterocycles. The van der Waals surface area contributed by atoms with Gasteiger partial charge < -0.3 is 9.62 Å². The maximum absolute atomic E-state index is 13.0. The third-order valence-corrected chi connectivity index (χ3v) is 2.14. The van der Waals surface area contributed by atoms with Crippen molar-refractivity contribution in [2.24, 2.45) is 0 Å². The van der Waals surface area contributed by atoms with E-state index in [1.54, 1.807) is 12.1 Å². The van der Waals surface area contributed by atoms with Gasteiger partial charge in [-0.2, -0.15) is 4.89 Å². The Bertz CT molecular complexity index is 364. The topological polar surface area (TPSA) is 27.7 Å². The molecule has 0 N–H and O–H groups in total. The summed E-state index contributed by atoms with van der Waals surface area (Å²) in [5.74, 6) is 0.261. The third kappa shape index (κ3) is 4.87. The number of methoxy groups -OCH3 is 1. The molecule has 0 saturated heterocycles. The maximum Gasteiger partial charge on any atom is 0.130 e. The summed E-state index contributed by atoms with van der Waals surface area (Å²) in [4.78, 5) is 9.70. The van der Waals surface area contributed by atoms with E-state index in [0.717, 1.165) is 12.8 Å². The van der Waals surface area contributed by atoms with E-state index in [4.69, 9.17) is 14.5 Å². The molecule has 0 bridgehead atoms. The minimum atomic E-state index is -0.322. The molecule has 0 saturated carbocycles. The molecule has 0 aliphatic heterocycles. The van der Waals surface area contributed by atoms with E-state index >= 15 is 0 Å². The van der Waals surface area contributed by atoms with Crippen LogP contribution < -0.4 is 4.74 Å². The van der Waals surface area contributed by atoms with Gasteiger partial charge >= 0.3 is 0 Å². The molecule has 0 aliphatic carbocycles. The zero-order valence-corrected chi connectivity index (χ0v) is 10.1. The summed E-state index contributed by atoms with van der Waals surface area (Å²) < 4.78 is 18.1. The standard InChI is InChI=1S/C13H17FO3/c1-3-4-8-16-17-9-7-11-10-12(14)5-6-13(11)15-2/h5-7,9-10H,3-4,8H2,1-2H3. The largest absolute Gasteiger partial charge is 0.496 e. The highest BCUT2D eigenvalue weighted by molar-refractivity contribution is 5.56. The molecule has 0 spiro atoms. The molecule has 0 fully saturated rings. The van der Waals surface area contributed by atoms with Crippen molar-refractivity contribution in [1.82, 2.24) is 0 Å². The smallest absolute Gasteiger partial charge is 0.130 e. The summed E-state index contributed by atoms with van der Waals surface area (Å²) in [7, 11) is 1.53. The number of ether oxygens (including phenoxy) is 1. The number of benzene rings is 1. The van der Waals surface area contributed by atoms with E-state index in [1.807, 2.05) is 0 Å². The van der Waals surface area contributed by atoms with Crippen LogP contribution in [0.15, 0.2) is 24.5 Å². The summed E-state index contributed by atoms with van der Waals surface area (Å²) in [6.45, 7) is 2.61. The van der Waals surface area contributed by atoms with Gasteiger partial charge in [0.05, 0.1) is 13.7 Å². The van der Waals surface area contributed by atoms with Crippen LogP contribution in [0.1, 0.15) is 25.3 Å². The van der Waals surface area contributed by atoms with Crippen LogP contribution in [0.25, 0.3) is 6.08 Å². The molecule has 0 amide bonds. The van der Waals surface area contributed by atoms with Gasteiger partial charge in [0.25, 0.3) is 0 Å². The van der Waals surface area contributed by atoms with E-state index in [2.05, 4.69) is 6.92 Å². The fraction of sp³-hybridized carbons (Fsp3) is 0.385. The second-order valence-corrected chi connectivity index (χ2v) is 3.46. The van der Waals surface area contributed by atoms with Crippen LogP contribution >= 0.6 is 0 Å². The lowest BCUT2D eigenvalue weighted by atomic mass is 10.2. The second kappa shape index (κ2) is 7.68. The number of halogens is 1. The molecule has 0 aliphatic rings. The van der Waals surface area contributed by atoms with E-state index in [9.17, 15) is 4.39 Å². The highest BCUT2D eigenvalue weighted by Gasteiger charge is 2.00. The van der Waals surface area contributed by atoms with Crippen molar-refractivity contribution in [2.75, 3.05) is 13.7 Å². The maximum atomic E-state index is 13.0. The second-order valence-electron chi connectivity index (χ2n) is 3.46. The van der Waals surface area contributed by atoms with Crippen LogP contribution in [0.5, 0.6) is 5.75 Å².